The van der Waals surface area contributed by atoms with E-state index in [1.807, 2.05) is 19.2 Å². The van der Waals surface area contributed by atoms with Crippen molar-refractivity contribution >= 4 is 49.5 Å². The summed E-state index contributed by atoms with van der Waals surface area (Å²) in [6.45, 7) is 5.25. The van der Waals surface area contributed by atoms with Crippen LogP contribution in [0.4, 0.5) is 4.79 Å². The number of hydrogen-bond donors (Lipinski definition) is 4. The second kappa shape index (κ2) is 14.0. The van der Waals surface area contributed by atoms with Crippen LogP contribution in [-0.4, -0.2) is 40.9 Å². The second-order valence-electron chi connectivity index (χ2n) is 3.71. The fraction of sp³-hybridized carbons (Fsp3) is 0.818. The minimum atomic E-state index is -0.814. The lowest BCUT2D eigenvalue weighted by molar-refractivity contribution is -0.122. The van der Waals surface area contributed by atoms with Crippen LogP contribution >= 0.6 is 37.5 Å². The van der Waals surface area contributed by atoms with Crippen molar-refractivity contribution in [2.24, 2.45) is 17.2 Å². The first-order valence-electron chi connectivity index (χ1n) is 6.32. The number of imide groups is 1. The average molecular weight is 389 g/mol. The maximum absolute atomic E-state index is 11.3. The molecule has 120 valence electrons. The third-order valence-electron chi connectivity index (χ3n) is 2.25. The molecule has 9 heteroatoms. The standard InChI is InChI=1S/C7H13BrN2O2.C4H12N2S2/c1-3-7(8,4-2)5(11)10-6(9)12;5-1-3-7-8-4-2-6/h3-4H2,1-2H3,(H3,9,10,11,12);1-6H2. The molecule has 0 aliphatic rings. The molecule has 0 radical (unpaired) electrons. The SMILES string of the molecule is CCC(Br)(CC)C(=O)NC(N)=O.NCCSSCCN. The van der Waals surface area contributed by atoms with E-state index >= 15 is 0 Å². The molecule has 0 saturated heterocycles. The fourth-order valence-electron chi connectivity index (χ4n) is 1.01. The number of carbonyl (C=O) groups is 2. The van der Waals surface area contributed by atoms with Gasteiger partial charge >= 0.3 is 6.03 Å². The Morgan fingerprint density at radius 1 is 1.10 bits per heavy atom. The van der Waals surface area contributed by atoms with E-state index in [0.29, 0.717) is 12.8 Å². The van der Waals surface area contributed by atoms with Crippen molar-refractivity contribution < 1.29 is 9.59 Å². The number of hydrogen-bond acceptors (Lipinski definition) is 6. The molecule has 0 aliphatic heterocycles. The van der Waals surface area contributed by atoms with Gasteiger partial charge in [0.2, 0.25) is 5.91 Å². The van der Waals surface area contributed by atoms with Crippen molar-refractivity contribution in [3.05, 3.63) is 0 Å². The second-order valence-corrected chi connectivity index (χ2v) is 7.93. The summed E-state index contributed by atoms with van der Waals surface area (Å²) in [5.74, 6) is 1.69. The van der Waals surface area contributed by atoms with Crippen LogP contribution in [0.5, 0.6) is 0 Å². The van der Waals surface area contributed by atoms with Crippen LogP contribution in [-0.2, 0) is 4.79 Å². The van der Waals surface area contributed by atoms with Crippen LogP contribution < -0.4 is 22.5 Å². The lowest BCUT2D eigenvalue weighted by Crippen LogP contribution is -2.46. The highest BCUT2D eigenvalue weighted by molar-refractivity contribution is 9.10. The summed E-state index contributed by atoms with van der Waals surface area (Å²) in [6, 6.07) is -0.814. The minimum absolute atomic E-state index is 0.375. The zero-order valence-corrected chi connectivity index (χ0v) is 15.2. The maximum atomic E-state index is 11.3. The van der Waals surface area contributed by atoms with E-state index in [4.69, 9.17) is 17.2 Å². The van der Waals surface area contributed by atoms with Crippen molar-refractivity contribution in [2.75, 3.05) is 24.6 Å². The normalized spacial score (nSPS) is 10.4. The molecule has 0 aromatic rings. The van der Waals surface area contributed by atoms with Gasteiger partial charge in [0.05, 0.1) is 0 Å². The van der Waals surface area contributed by atoms with Crippen molar-refractivity contribution in [2.45, 2.75) is 31.0 Å². The van der Waals surface area contributed by atoms with E-state index in [1.54, 1.807) is 21.6 Å². The highest BCUT2D eigenvalue weighted by Gasteiger charge is 2.32. The lowest BCUT2D eigenvalue weighted by Gasteiger charge is -2.21. The van der Waals surface area contributed by atoms with E-state index in [-0.39, 0.29) is 5.91 Å². The molecule has 20 heavy (non-hydrogen) atoms. The first-order valence-corrected chi connectivity index (χ1v) is 9.60. The molecule has 0 aromatic heterocycles. The van der Waals surface area contributed by atoms with Gasteiger partial charge in [0.15, 0.2) is 0 Å². The molecular formula is C11H25BrN4O2S2. The van der Waals surface area contributed by atoms with Gasteiger partial charge in [-0.3, -0.25) is 10.1 Å². The van der Waals surface area contributed by atoms with Gasteiger partial charge in [-0.1, -0.05) is 51.4 Å². The number of urea groups is 1. The van der Waals surface area contributed by atoms with Gasteiger partial charge in [-0.25, -0.2) is 4.79 Å². The number of nitrogens with one attached hydrogen (secondary N) is 1. The number of halogens is 1. The largest absolute Gasteiger partial charge is 0.351 e. The number of amides is 3. The molecule has 6 nitrogen and oxygen atoms in total. The van der Waals surface area contributed by atoms with E-state index in [0.717, 1.165) is 24.6 Å². The van der Waals surface area contributed by atoms with Crippen molar-refractivity contribution in [3.63, 3.8) is 0 Å². The number of rotatable bonds is 8. The molecule has 7 N–H and O–H groups in total. The number of primary amides is 1. The van der Waals surface area contributed by atoms with E-state index in [2.05, 4.69) is 15.9 Å². The molecule has 3 amide bonds. The number of carbonyl (C=O) groups excluding carboxylic acids is 2. The van der Waals surface area contributed by atoms with Crippen LogP contribution in [0.25, 0.3) is 0 Å². The zero-order chi connectivity index (χ0) is 16.0. The lowest BCUT2D eigenvalue weighted by atomic mass is 10.0. The van der Waals surface area contributed by atoms with Gasteiger partial charge in [-0.2, -0.15) is 0 Å². The first kappa shape index (κ1) is 22.3. The summed E-state index contributed by atoms with van der Waals surface area (Å²) >= 11 is 3.26. The predicted molar refractivity (Wildman–Crippen MR) is 93.0 cm³/mol. The Balaban J connectivity index is 0. The Bertz CT molecular complexity index is 273. The number of nitrogens with two attached hydrogens (primary N) is 3. The molecule has 0 heterocycles. The number of alkyl halides is 1. The molecule has 0 saturated carbocycles. The van der Waals surface area contributed by atoms with Crippen LogP contribution in [0.15, 0.2) is 0 Å². The van der Waals surface area contributed by atoms with Gasteiger partial charge in [0.25, 0.3) is 0 Å². The molecule has 0 spiro atoms. The quantitative estimate of drug-likeness (QED) is 0.283. The van der Waals surface area contributed by atoms with Crippen LogP contribution in [0, 0.1) is 0 Å². The summed E-state index contributed by atoms with van der Waals surface area (Å²) in [5.41, 5.74) is 15.3. The van der Waals surface area contributed by atoms with Crippen LogP contribution in [0.1, 0.15) is 26.7 Å². The summed E-state index contributed by atoms with van der Waals surface area (Å²) in [4.78, 5) is 21.6. The molecule has 0 aromatic carbocycles. The summed E-state index contributed by atoms with van der Waals surface area (Å²) in [6.07, 6.45) is 1.23. The van der Waals surface area contributed by atoms with Crippen LogP contribution in [0.2, 0.25) is 0 Å². The summed E-state index contributed by atoms with van der Waals surface area (Å²) < 4.78 is -0.665. The molecule has 0 fully saturated rings. The minimum Gasteiger partial charge on any atom is -0.351 e. The Labute approximate surface area is 137 Å². The fourth-order valence-corrected chi connectivity index (χ4v) is 2.82. The monoisotopic (exact) mass is 388 g/mol. The predicted octanol–water partition coefficient (Wildman–Crippen LogP) is 1.42. The van der Waals surface area contributed by atoms with Gasteiger partial charge in [-0.05, 0) is 12.8 Å². The topological polar surface area (TPSA) is 124 Å². The van der Waals surface area contributed by atoms with Crippen LogP contribution in [0.3, 0.4) is 0 Å². The average Bonchev–Trinajstić information content (AvgIpc) is 2.42. The first-order chi connectivity index (χ1) is 9.37. The Hall–Kier alpha value is 0.0400. The molecule has 0 atom stereocenters. The summed E-state index contributed by atoms with van der Waals surface area (Å²) in [7, 11) is 3.58. The highest BCUT2D eigenvalue weighted by Crippen LogP contribution is 2.26. The molecule has 0 aliphatic carbocycles. The third kappa shape index (κ3) is 11.8. The third-order valence-corrected chi connectivity index (χ3v) is 6.20. The van der Waals surface area contributed by atoms with Gasteiger partial charge < -0.3 is 17.2 Å². The van der Waals surface area contributed by atoms with Crippen molar-refractivity contribution in [1.82, 2.24) is 5.32 Å². The highest BCUT2D eigenvalue weighted by atomic mass is 79.9. The Kier molecular flexibility index (Phi) is 15.6. The van der Waals surface area contributed by atoms with Crippen molar-refractivity contribution in [1.29, 1.82) is 0 Å². The molecular weight excluding hydrogens is 364 g/mol. The van der Waals surface area contributed by atoms with Gasteiger partial charge in [0.1, 0.15) is 4.32 Å². The van der Waals surface area contributed by atoms with Gasteiger partial charge in [-0.15, -0.1) is 0 Å². The summed E-state index contributed by atoms with van der Waals surface area (Å²) in [5, 5.41) is 2.04. The van der Waals surface area contributed by atoms with Crippen molar-refractivity contribution in [3.8, 4) is 0 Å². The van der Waals surface area contributed by atoms with E-state index in [9.17, 15) is 9.59 Å². The van der Waals surface area contributed by atoms with E-state index in [1.165, 1.54) is 0 Å². The molecule has 0 bridgehead atoms. The Morgan fingerprint density at radius 2 is 1.50 bits per heavy atom. The maximum Gasteiger partial charge on any atom is 0.318 e. The zero-order valence-electron chi connectivity index (χ0n) is 12.0. The van der Waals surface area contributed by atoms with Gasteiger partial charge in [0, 0.05) is 24.6 Å². The molecule has 0 unspecified atom stereocenters. The van der Waals surface area contributed by atoms with E-state index < -0.39 is 10.4 Å². The Morgan fingerprint density at radius 3 is 1.75 bits per heavy atom. The molecule has 0 rings (SSSR count). The smallest absolute Gasteiger partial charge is 0.318 e.